The third-order valence-electron chi connectivity index (χ3n) is 2.65. The van der Waals surface area contributed by atoms with E-state index in [9.17, 15) is 4.39 Å². The number of fused-ring (bicyclic) bond motifs is 1. The van der Waals surface area contributed by atoms with Crippen molar-refractivity contribution < 1.29 is 4.39 Å². The highest BCUT2D eigenvalue weighted by Gasteiger charge is 2.02. The lowest BCUT2D eigenvalue weighted by Gasteiger charge is -2.09. The molecule has 0 saturated carbocycles. The van der Waals surface area contributed by atoms with Gasteiger partial charge in [-0.05, 0) is 30.3 Å². The van der Waals surface area contributed by atoms with Crippen LogP contribution in [0.4, 0.5) is 15.8 Å². The van der Waals surface area contributed by atoms with Gasteiger partial charge in [-0.25, -0.2) is 4.98 Å². The molecule has 3 aromatic rings. The molecule has 3 nitrogen and oxygen atoms in total. The van der Waals surface area contributed by atoms with Gasteiger partial charge in [-0.1, -0.05) is 6.07 Å². The first-order valence-electron chi connectivity index (χ1n) is 5.55. The predicted molar refractivity (Wildman–Crippen MR) is 69.2 cm³/mol. The molecule has 0 aliphatic carbocycles. The molecule has 0 aliphatic heterocycles. The van der Waals surface area contributed by atoms with Gasteiger partial charge in [0.25, 0.3) is 0 Å². The highest BCUT2D eigenvalue weighted by molar-refractivity contribution is 5.92. The van der Waals surface area contributed by atoms with Crippen molar-refractivity contribution in [3.8, 4) is 0 Å². The summed E-state index contributed by atoms with van der Waals surface area (Å²) in [6.07, 6.45) is 3.18. The van der Waals surface area contributed by atoms with Crippen molar-refractivity contribution in [3.05, 3.63) is 60.8 Å². The van der Waals surface area contributed by atoms with Crippen LogP contribution in [0.15, 0.2) is 54.9 Å². The Morgan fingerprint density at radius 1 is 0.944 bits per heavy atom. The summed E-state index contributed by atoms with van der Waals surface area (Å²) in [5.41, 5.74) is 2.46. The summed E-state index contributed by atoms with van der Waals surface area (Å²) in [5, 5.41) is 4.17. The predicted octanol–water partition coefficient (Wildman–Crippen LogP) is 3.51. The van der Waals surface area contributed by atoms with Gasteiger partial charge in [-0.15, -0.1) is 0 Å². The molecule has 0 unspecified atom stereocenters. The van der Waals surface area contributed by atoms with Crippen LogP contribution in [0.2, 0.25) is 0 Å². The first kappa shape index (κ1) is 10.7. The molecule has 0 fully saturated rings. The molecule has 1 aromatic carbocycles. The highest BCUT2D eigenvalue weighted by atomic mass is 19.1. The van der Waals surface area contributed by atoms with E-state index in [0.29, 0.717) is 5.69 Å². The molecule has 2 aromatic heterocycles. The van der Waals surface area contributed by atoms with Crippen LogP contribution in [0.1, 0.15) is 0 Å². The van der Waals surface area contributed by atoms with Crippen LogP contribution in [-0.4, -0.2) is 9.97 Å². The minimum absolute atomic E-state index is 0.502. The van der Waals surface area contributed by atoms with E-state index >= 15 is 0 Å². The molecule has 0 atom stereocenters. The zero-order valence-electron chi connectivity index (χ0n) is 9.47. The number of pyridine rings is 2. The quantitative estimate of drug-likeness (QED) is 0.695. The van der Waals surface area contributed by atoms with E-state index < -0.39 is 5.95 Å². The molecule has 0 bridgehead atoms. The molecule has 0 radical (unpaired) electrons. The Bertz CT molecular complexity index is 692. The molecular formula is C14H10FN3. The van der Waals surface area contributed by atoms with Gasteiger partial charge in [-0.2, -0.15) is 4.39 Å². The van der Waals surface area contributed by atoms with Gasteiger partial charge in [0.15, 0.2) is 0 Å². The Kier molecular flexibility index (Phi) is 2.61. The number of benzene rings is 1. The molecular weight excluding hydrogens is 229 g/mol. The Morgan fingerprint density at radius 3 is 2.78 bits per heavy atom. The maximum Gasteiger partial charge on any atom is 0.214 e. The Hall–Kier alpha value is -2.49. The van der Waals surface area contributed by atoms with Gasteiger partial charge in [0.1, 0.15) is 0 Å². The average Bonchev–Trinajstić information content (AvgIpc) is 2.39. The van der Waals surface area contributed by atoms with E-state index in [2.05, 4.69) is 15.3 Å². The fraction of sp³-hybridized carbons (Fsp3) is 0. The smallest absolute Gasteiger partial charge is 0.214 e. The fourth-order valence-corrected chi connectivity index (χ4v) is 1.85. The molecule has 2 heterocycles. The van der Waals surface area contributed by atoms with Crippen LogP contribution in [-0.2, 0) is 0 Å². The summed E-state index contributed by atoms with van der Waals surface area (Å²) in [5.74, 6) is -0.502. The Morgan fingerprint density at radius 2 is 1.89 bits per heavy atom. The van der Waals surface area contributed by atoms with Crippen molar-refractivity contribution in [2.24, 2.45) is 0 Å². The lowest BCUT2D eigenvalue weighted by Crippen LogP contribution is -1.93. The third kappa shape index (κ3) is 2.00. The van der Waals surface area contributed by atoms with Gasteiger partial charge in [-0.3, -0.25) is 4.98 Å². The lowest BCUT2D eigenvalue weighted by molar-refractivity contribution is 0.584. The van der Waals surface area contributed by atoms with Gasteiger partial charge < -0.3 is 5.32 Å². The Balaban J connectivity index is 2.05. The van der Waals surface area contributed by atoms with Gasteiger partial charge >= 0.3 is 0 Å². The van der Waals surface area contributed by atoms with E-state index in [-0.39, 0.29) is 0 Å². The second-order valence-corrected chi connectivity index (χ2v) is 3.87. The number of hydrogen-bond donors (Lipinski definition) is 1. The number of rotatable bonds is 2. The summed E-state index contributed by atoms with van der Waals surface area (Å²) in [7, 11) is 0. The fourth-order valence-electron chi connectivity index (χ4n) is 1.85. The molecule has 0 aliphatic rings. The minimum atomic E-state index is -0.502. The zero-order valence-corrected chi connectivity index (χ0v) is 9.47. The van der Waals surface area contributed by atoms with Crippen molar-refractivity contribution in [1.82, 2.24) is 9.97 Å². The van der Waals surface area contributed by atoms with E-state index in [4.69, 9.17) is 0 Å². The van der Waals surface area contributed by atoms with Crippen LogP contribution in [0.3, 0.4) is 0 Å². The molecule has 0 spiro atoms. The summed E-state index contributed by atoms with van der Waals surface area (Å²) < 4.78 is 13.0. The number of nitrogens with one attached hydrogen (secondary N) is 1. The summed E-state index contributed by atoms with van der Waals surface area (Å²) in [4.78, 5) is 7.80. The zero-order chi connectivity index (χ0) is 12.4. The summed E-state index contributed by atoms with van der Waals surface area (Å²) >= 11 is 0. The van der Waals surface area contributed by atoms with Crippen LogP contribution < -0.4 is 5.32 Å². The first-order valence-corrected chi connectivity index (χ1v) is 5.55. The van der Waals surface area contributed by atoms with Crippen molar-refractivity contribution in [2.75, 3.05) is 5.32 Å². The maximum atomic E-state index is 13.0. The monoisotopic (exact) mass is 239 g/mol. The van der Waals surface area contributed by atoms with E-state index in [1.807, 2.05) is 30.3 Å². The largest absolute Gasteiger partial charge is 0.355 e. The number of anilines is 2. The van der Waals surface area contributed by atoms with Crippen molar-refractivity contribution in [1.29, 1.82) is 0 Å². The highest BCUT2D eigenvalue weighted by Crippen LogP contribution is 2.24. The van der Waals surface area contributed by atoms with Crippen molar-refractivity contribution in [2.45, 2.75) is 0 Å². The van der Waals surface area contributed by atoms with E-state index in [0.717, 1.165) is 16.6 Å². The number of nitrogens with zero attached hydrogens (tertiary/aromatic N) is 2. The summed E-state index contributed by atoms with van der Waals surface area (Å²) in [6, 6.07) is 12.7. The van der Waals surface area contributed by atoms with E-state index in [1.165, 1.54) is 12.3 Å². The number of halogens is 1. The van der Waals surface area contributed by atoms with E-state index in [1.54, 1.807) is 12.3 Å². The molecule has 0 amide bonds. The van der Waals surface area contributed by atoms with Crippen LogP contribution in [0.25, 0.3) is 10.9 Å². The topological polar surface area (TPSA) is 37.8 Å². The minimum Gasteiger partial charge on any atom is -0.355 e. The molecule has 3 rings (SSSR count). The molecule has 88 valence electrons. The first-order chi connectivity index (χ1) is 8.83. The van der Waals surface area contributed by atoms with Crippen LogP contribution in [0.5, 0.6) is 0 Å². The van der Waals surface area contributed by atoms with Gasteiger partial charge in [0.05, 0.1) is 5.52 Å². The standard InChI is InChI=1S/C14H10FN3/c15-14-9-10(6-8-17-14)18-13-5-1-4-12-11(13)3-2-7-16-12/h1-9H,(H,17,18). The molecule has 1 N–H and O–H groups in total. The van der Waals surface area contributed by atoms with Crippen molar-refractivity contribution >= 4 is 22.3 Å². The second kappa shape index (κ2) is 4.41. The number of aromatic nitrogens is 2. The number of hydrogen-bond acceptors (Lipinski definition) is 3. The SMILES string of the molecule is Fc1cc(Nc2cccc3ncccc23)ccn1. The average molecular weight is 239 g/mol. The molecule has 4 heteroatoms. The normalized spacial score (nSPS) is 10.5. The van der Waals surface area contributed by atoms with Crippen LogP contribution >= 0.6 is 0 Å². The lowest BCUT2D eigenvalue weighted by atomic mass is 10.2. The maximum absolute atomic E-state index is 13.0. The second-order valence-electron chi connectivity index (χ2n) is 3.87. The molecule has 0 saturated heterocycles. The van der Waals surface area contributed by atoms with Gasteiger partial charge in [0.2, 0.25) is 5.95 Å². The third-order valence-corrected chi connectivity index (χ3v) is 2.65. The molecule has 18 heavy (non-hydrogen) atoms. The summed E-state index contributed by atoms with van der Waals surface area (Å²) in [6.45, 7) is 0. The van der Waals surface area contributed by atoms with Crippen molar-refractivity contribution in [3.63, 3.8) is 0 Å². The van der Waals surface area contributed by atoms with Crippen LogP contribution in [0, 0.1) is 5.95 Å². The Labute approximate surface area is 103 Å². The van der Waals surface area contributed by atoms with Gasteiger partial charge in [0, 0.05) is 35.2 Å².